The van der Waals surface area contributed by atoms with Crippen molar-refractivity contribution in [1.29, 1.82) is 0 Å². The third-order valence-electron chi connectivity index (χ3n) is 4.78. The van der Waals surface area contributed by atoms with Crippen molar-refractivity contribution in [2.75, 3.05) is 13.6 Å². The van der Waals surface area contributed by atoms with E-state index >= 15 is 0 Å². The van der Waals surface area contributed by atoms with E-state index in [2.05, 4.69) is 0 Å². The molecule has 19 heavy (non-hydrogen) atoms. The average molecular weight is 267 g/mol. The van der Waals surface area contributed by atoms with E-state index < -0.39 is 11.9 Å². The fourth-order valence-corrected chi connectivity index (χ4v) is 3.68. The van der Waals surface area contributed by atoms with Gasteiger partial charge in [-0.15, -0.1) is 0 Å². The van der Waals surface area contributed by atoms with Crippen molar-refractivity contribution in [2.45, 2.75) is 51.4 Å². The fraction of sp³-hybridized carbons (Fsp3) is 0.867. The number of amides is 1. The van der Waals surface area contributed by atoms with Crippen LogP contribution in [0.25, 0.3) is 0 Å². The molecule has 4 heteroatoms. The smallest absolute Gasteiger partial charge is 0.307 e. The lowest BCUT2D eigenvalue weighted by molar-refractivity contribution is -0.152. The van der Waals surface area contributed by atoms with Gasteiger partial charge in [-0.3, -0.25) is 9.59 Å². The zero-order valence-corrected chi connectivity index (χ0v) is 11.8. The van der Waals surface area contributed by atoms with Gasteiger partial charge in [0.1, 0.15) is 0 Å². The van der Waals surface area contributed by atoms with Crippen LogP contribution in [-0.2, 0) is 9.59 Å². The Morgan fingerprint density at radius 1 is 1.00 bits per heavy atom. The number of carboxylic acid groups (broad SMARTS) is 1. The first kappa shape index (κ1) is 14.4. The molecule has 0 saturated heterocycles. The van der Waals surface area contributed by atoms with Crippen LogP contribution in [0.1, 0.15) is 51.4 Å². The highest BCUT2D eigenvalue weighted by Crippen LogP contribution is 2.32. The molecule has 0 aromatic heterocycles. The molecule has 1 N–H and O–H groups in total. The van der Waals surface area contributed by atoms with Crippen LogP contribution in [0.5, 0.6) is 0 Å². The molecule has 2 unspecified atom stereocenters. The molecular formula is C15H25NO3. The Balaban J connectivity index is 1.93. The lowest BCUT2D eigenvalue weighted by Crippen LogP contribution is -2.42. The Labute approximate surface area is 115 Å². The summed E-state index contributed by atoms with van der Waals surface area (Å²) in [7, 11) is 1.84. The van der Waals surface area contributed by atoms with Crippen molar-refractivity contribution in [3.8, 4) is 0 Å². The molecule has 108 valence electrons. The summed E-state index contributed by atoms with van der Waals surface area (Å²) in [5.74, 6) is -0.878. The molecule has 2 rings (SSSR count). The van der Waals surface area contributed by atoms with Gasteiger partial charge in [0, 0.05) is 13.6 Å². The number of carbonyl (C=O) groups is 2. The summed E-state index contributed by atoms with van der Waals surface area (Å²) in [6, 6.07) is 0. The van der Waals surface area contributed by atoms with Crippen molar-refractivity contribution < 1.29 is 14.7 Å². The van der Waals surface area contributed by atoms with Crippen LogP contribution in [0.15, 0.2) is 0 Å². The predicted molar refractivity (Wildman–Crippen MR) is 72.7 cm³/mol. The molecule has 2 aliphatic rings. The van der Waals surface area contributed by atoms with Crippen LogP contribution in [-0.4, -0.2) is 35.5 Å². The van der Waals surface area contributed by atoms with Gasteiger partial charge in [0.15, 0.2) is 0 Å². The van der Waals surface area contributed by atoms with Crippen molar-refractivity contribution in [2.24, 2.45) is 17.8 Å². The normalized spacial score (nSPS) is 28.3. The number of rotatable bonds is 4. The van der Waals surface area contributed by atoms with E-state index in [0.29, 0.717) is 12.3 Å². The summed E-state index contributed by atoms with van der Waals surface area (Å²) < 4.78 is 0. The second-order valence-electron chi connectivity index (χ2n) is 6.20. The second-order valence-corrected chi connectivity index (χ2v) is 6.20. The molecule has 2 fully saturated rings. The summed E-state index contributed by atoms with van der Waals surface area (Å²) in [6.07, 6.45) is 8.29. The third-order valence-corrected chi connectivity index (χ3v) is 4.78. The summed E-state index contributed by atoms with van der Waals surface area (Å²) in [5, 5.41) is 9.25. The van der Waals surface area contributed by atoms with Gasteiger partial charge in [-0.1, -0.05) is 25.7 Å². The van der Waals surface area contributed by atoms with Crippen LogP contribution in [0.2, 0.25) is 0 Å². The second kappa shape index (κ2) is 6.40. The van der Waals surface area contributed by atoms with Crippen molar-refractivity contribution in [3.05, 3.63) is 0 Å². The highest BCUT2D eigenvalue weighted by atomic mass is 16.4. The molecule has 0 bridgehead atoms. The minimum atomic E-state index is -0.799. The van der Waals surface area contributed by atoms with Gasteiger partial charge in [-0.2, -0.15) is 0 Å². The number of nitrogens with zero attached hydrogens (tertiary/aromatic N) is 1. The van der Waals surface area contributed by atoms with Gasteiger partial charge < -0.3 is 10.0 Å². The third kappa shape index (κ3) is 3.48. The number of carbonyl (C=O) groups excluding carboxylic acids is 1. The van der Waals surface area contributed by atoms with Crippen LogP contribution in [0, 0.1) is 17.8 Å². The topological polar surface area (TPSA) is 57.6 Å². The van der Waals surface area contributed by atoms with Crippen LogP contribution in [0.3, 0.4) is 0 Å². The highest BCUT2D eigenvalue weighted by molar-refractivity contribution is 5.84. The molecule has 0 aliphatic heterocycles. The maximum absolute atomic E-state index is 12.5. The predicted octanol–water partition coefficient (Wildman–Crippen LogP) is 2.53. The fourth-order valence-electron chi connectivity index (χ4n) is 3.68. The molecule has 2 aliphatic carbocycles. The van der Waals surface area contributed by atoms with Gasteiger partial charge in [-0.25, -0.2) is 0 Å². The maximum Gasteiger partial charge on any atom is 0.307 e. The zero-order valence-electron chi connectivity index (χ0n) is 11.8. The van der Waals surface area contributed by atoms with E-state index in [9.17, 15) is 14.7 Å². The first-order chi connectivity index (χ1) is 9.09. The number of carboxylic acids is 1. The van der Waals surface area contributed by atoms with E-state index in [1.807, 2.05) is 7.05 Å². The lowest BCUT2D eigenvalue weighted by atomic mass is 9.78. The summed E-state index contributed by atoms with van der Waals surface area (Å²) in [5.41, 5.74) is 0. The van der Waals surface area contributed by atoms with E-state index in [-0.39, 0.29) is 11.8 Å². The molecule has 0 aromatic rings. The van der Waals surface area contributed by atoms with Crippen LogP contribution < -0.4 is 0 Å². The average Bonchev–Trinajstić information content (AvgIpc) is 2.90. The first-order valence-corrected chi connectivity index (χ1v) is 7.57. The van der Waals surface area contributed by atoms with Gasteiger partial charge in [0.25, 0.3) is 0 Å². The molecule has 0 heterocycles. The minimum Gasteiger partial charge on any atom is -0.481 e. The Hall–Kier alpha value is -1.06. The Kier molecular flexibility index (Phi) is 4.83. The quantitative estimate of drug-likeness (QED) is 0.851. The van der Waals surface area contributed by atoms with E-state index in [0.717, 1.165) is 25.8 Å². The van der Waals surface area contributed by atoms with Gasteiger partial charge >= 0.3 is 5.97 Å². The Morgan fingerprint density at radius 3 is 2.11 bits per heavy atom. The number of hydrogen-bond acceptors (Lipinski definition) is 2. The molecule has 0 radical (unpaired) electrons. The monoisotopic (exact) mass is 267 g/mol. The Morgan fingerprint density at radius 2 is 1.53 bits per heavy atom. The molecule has 0 spiro atoms. The first-order valence-electron chi connectivity index (χ1n) is 7.57. The van der Waals surface area contributed by atoms with Crippen molar-refractivity contribution >= 4 is 11.9 Å². The SMILES string of the molecule is CN(CC1CCCC1)C(=O)C1CCCCC1C(=O)O. The van der Waals surface area contributed by atoms with Gasteiger partial charge in [-0.05, 0) is 31.6 Å². The standard InChI is InChI=1S/C15H25NO3/c1-16(10-11-6-2-3-7-11)14(17)12-8-4-5-9-13(12)15(18)19/h11-13H,2-10H2,1H3,(H,18,19). The van der Waals surface area contributed by atoms with Crippen LogP contribution in [0.4, 0.5) is 0 Å². The minimum absolute atomic E-state index is 0.0546. The summed E-state index contributed by atoms with van der Waals surface area (Å²) in [6.45, 7) is 0.807. The van der Waals surface area contributed by atoms with Gasteiger partial charge in [0.2, 0.25) is 5.91 Å². The molecule has 2 atom stereocenters. The van der Waals surface area contributed by atoms with Crippen LogP contribution >= 0.6 is 0 Å². The molecule has 0 aromatic carbocycles. The zero-order chi connectivity index (χ0) is 13.8. The highest BCUT2D eigenvalue weighted by Gasteiger charge is 2.37. The van der Waals surface area contributed by atoms with E-state index in [1.165, 1.54) is 25.7 Å². The maximum atomic E-state index is 12.5. The number of aliphatic carboxylic acids is 1. The Bertz CT molecular complexity index is 336. The number of hydrogen-bond donors (Lipinski definition) is 1. The van der Waals surface area contributed by atoms with Gasteiger partial charge in [0.05, 0.1) is 11.8 Å². The summed E-state index contributed by atoms with van der Waals surface area (Å²) >= 11 is 0. The van der Waals surface area contributed by atoms with E-state index in [1.54, 1.807) is 4.90 Å². The molecular weight excluding hydrogens is 242 g/mol. The van der Waals surface area contributed by atoms with Crippen molar-refractivity contribution in [3.63, 3.8) is 0 Å². The van der Waals surface area contributed by atoms with E-state index in [4.69, 9.17) is 0 Å². The largest absolute Gasteiger partial charge is 0.481 e. The molecule has 1 amide bonds. The molecule has 2 saturated carbocycles. The lowest BCUT2D eigenvalue weighted by Gasteiger charge is -2.32. The molecule has 4 nitrogen and oxygen atoms in total. The van der Waals surface area contributed by atoms with Crippen molar-refractivity contribution in [1.82, 2.24) is 4.90 Å². The summed E-state index contributed by atoms with van der Waals surface area (Å²) in [4.78, 5) is 25.5.